The van der Waals surface area contributed by atoms with Crippen LogP contribution in [0.1, 0.15) is 57.6 Å². The number of nitrogens with zero attached hydrogens (tertiary/aromatic N) is 3. The molecule has 3 heterocycles. The van der Waals surface area contributed by atoms with Gasteiger partial charge in [-0.2, -0.15) is 0 Å². The van der Waals surface area contributed by atoms with Gasteiger partial charge in [0.05, 0.1) is 11.8 Å². The van der Waals surface area contributed by atoms with Gasteiger partial charge >= 0.3 is 0 Å². The van der Waals surface area contributed by atoms with Crippen LogP contribution < -0.4 is 5.32 Å². The third kappa shape index (κ3) is 3.17. The molecule has 124 valence electrons. The van der Waals surface area contributed by atoms with Gasteiger partial charge in [-0.05, 0) is 32.1 Å². The lowest BCUT2D eigenvalue weighted by Crippen LogP contribution is -2.23. The normalized spacial score (nSPS) is 23.3. The summed E-state index contributed by atoms with van der Waals surface area (Å²) in [5, 5.41) is 4.08. The van der Waals surface area contributed by atoms with Gasteiger partial charge in [0.15, 0.2) is 5.82 Å². The predicted octanol–water partition coefficient (Wildman–Crippen LogP) is 4.53. The molecule has 0 radical (unpaired) electrons. The molecular formula is C17H23ClN4O. The number of fused-ring (bicyclic) bond motifs is 1. The molecule has 2 aliphatic rings. The summed E-state index contributed by atoms with van der Waals surface area (Å²) >= 11 is 6.28. The van der Waals surface area contributed by atoms with E-state index in [1.54, 1.807) is 0 Å². The number of ether oxygens (including phenoxy) is 1. The maximum Gasteiger partial charge on any atom is 0.156 e. The zero-order chi connectivity index (χ0) is 15.6. The van der Waals surface area contributed by atoms with E-state index in [0.29, 0.717) is 11.2 Å². The Morgan fingerprint density at radius 2 is 1.96 bits per heavy atom. The van der Waals surface area contributed by atoms with E-state index in [-0.39, 0.29) is 6.23 Å². The van der Waals surface area contributed by atoms with Gasteiger partial charge in [-0.3, -0.25) is 0 Å². The van der Waals surface area contributed by atoms with Crippen molar-refractivity contribution in [1.29, 1.82) is 0 Å². The largest absolute Gasteiger partial charge is 0.365 e. The van der Waals surface area contributed by atoms with Crippen molar-refractivity contribution in [3.8, 4) is 0 Å². The number of rotatable bonds is 3. The van der Waals surface area contributed by atoms with Gasteiger partial charge in [-0.25, -0.2) is 9.97 Å². The lowest BCUT2D eigenvalue weighted by Gasteiger charge is -2.25. The van der Waals surface area contributed by atoms with Crippen LogP contribution in [0.15, 0.2) is 12.4 Å². The molecule has 23 heavy (non-hydrogen) atoms. The summed E-state index contributed by atoms with van der Waals surface area (Å²) in [6.45, 7) is 0.816. The Labute approximate surface area is 141 Å². The SMILES string of the molecule is Clc1cc2c(ncn2C2CCCCO2)c(NC2CCCCC2)n1. The van der Waals surface area contributed by atoms with E-state index in [2.05, 4.69) is 19.9 Å². The molecule has 1 N–H and O–H groups in total. The summed E-state index contributed by atoms with van der Waals surface area (Å²) in [7, 11) is 0. The minimum atomic E-state index is 0.0646. The van der Waals surface area contributed by atoms with Crippen LogP contribution in [-0.4, -0.2) is 27.2 Å². The molecule has 1 aliphatic heterocycles. The van der Waals surface area contributed by atoms with Crippen LogP contribution in [0, 0.1) is 0 Å². The Hall–Kier alpha value is -1.33. The van der Waals surface area contributed by atoms with Gasteiger partial charge in [-0.1, -0.05) is 30.9 Å². The van der Waals surface area contributed by atoms with Crippen LogP contribution >= 0.6 is 11.6 Å². The lowest BCUT2D eigenvalue weighted by atomic mass is 9.95. The summed E-state index contributed by atoms with van der Waals surface area (Å²) in [4.78, 5) is 9.09. The minimum absolute atomic E-state index is 0.0646. The van der Waals surface area contributed by atoms with E-state index >= 15 is 0 Å². The average Bonchev–Trinajstić information content (AvgIpc) is 3.00. The molecule has 5 nitrogen and oxygen atoms in total. The topological polar surface area (TPSA) is 52.0 Å². The molecule has 1 atom stereocenters. The molecule has 1 saturated carbocycles. The average molecular weight is 335 g/mol. The molecule has 6 heteroatoms. The van der Waals surface area contributed by atoms with E-state index in [4.69, 9.17) is 16.3 Å². The molecule has 0 bridgehead atoms. The highest BCUT2D eigenvalue weighted by Gasteiger charge is 2.21. The third-order valence-electron chi connectivity index (χ3n) is 4.94. The predicted molar refractivity (Wildman–Crippen MR) is 91.9 cm³/mol. The maximum atomic E-state index is 6.28. The number of hydrogen-bond acceptors (Lipinski definition) is 4. The smallest absolute Gasteiger partial charge is 0.156 e. The molecule has 1 aliphatic carbocycles. The minimum Gasteiger partial charge on any atom is -0.365 e. The number of pyridine rings is 1. The summed E-state index contributed by atoms with van der Waals surface area (Å²) in [6, 6.07) is 2.38. The highest BCUT2D eigenvalue weighted by Crippen LogP contribution is 2.31. The standard InChI is InChI=1S/C17H23ClN4O/c18-14-10-13-16(17(21-14)20-12-6-2-1-3-7-12)19-11-22(13)15-8-4-5-9-23-15/h10-12,15H,1-9H2,(H,20,21). The highest BCUT2D eigenvalue weighted by molar-refractivity contribution is 6.30. The second-order valence-electron chi connectivity index (χ2n) is 6.61. The van der Waals surface area contributed by atoms with Gasteiger partial charge in [0, 0.05) is 18.7 Å². The van der Waals surface area contributed by atoms with Crippen LogP contribution in [-0.2, 0) is 4.74 Å². The number of hydrogen-bond donors (Lipinski definition) is 1. The summed E-state index contributed by atoms with van der Waals surface area (Å²) in [5.74, 6) is 0.814. The van der Waals surface area contributed by atoms with Crippen molar-refractivity contribution < 1.29 is 4.74 Å². The molecule has 1 unspecified atom stereocenters. The number of imidazole rings is 1. The maximum absolute atomic E-state index is 6.28. The number of nitrogens with one attached hydrogen (secondary N) is 1. The van der Waals surface area contributed by atoms with Gasteiger partial charge in [-0.15, -0.1) is 0 Å². The Balaban J connectivity index is 1.66. The monoisotopic (exact) mass is 334 g/mol. The van der Waals surface area contributed by atoms with Crippen molar-refractivity contribution >= 4 is 28.5 Å². The molecule has 1 saturated heterocycles. The first-order valence-electron chi connectivity index (χ1n) is 8.72. The number of aromatic nitrogens is 3. The van der Waals surface area contributed by atoms with Gasteiger partial charge in [0.1, 0.15) is 16.9 Å². The highest BCUT2D eigenvalue weighted by atomic mass is 35.5. The fraction of sp³-hybridized carbons (Fsp3) is 0.647. The molecular weight excluding hydrogens is 312 g/mol. The quantitative estimate of drug-likeness (QED) is 0.838. The van der Waals surface area contributed by atoms with Crippen LogP contribution in [0.2, 0.25) is 5.15 Å². The second kappa shape index (κ2) is 6.65. The van der Waals surface area contributed by atoms with Gasteiger partial charge < -0.3 is 14.6 Å². The van der Waals surface area contributed by atoms with Crippen LogP contribution in [0.25, 0.3) is 11.0 Å². The van der Waals surface area contributed by atoms with Crippen LogP contribution in [0.3, 0.4) is 0 Å². The van der Waals surface area contributed by atoms with E-state index in [1.807, 2.05) is 12.4 Å². The molecule has 2 aromatic rings. The Kier molecular flexibility index (Phi) is 4.40. The number of anilines is 1. The van der Waals surface area contributed by atoms with Crippen molar-refractivity contribution in [1.82, 2.24) is 14.5 Å². The zero-order valence-corrected chi connectivity index (χ0v) is 14.1. The van der Waals surface area contributed by atoms with Crippen LogP contribution in [0.4, 0.5) is 5.82 Å². The van der Waals surface area contributed by atoms with E-state index < -0.39 is 0 Å². The zero-order valence-electron chi connectivity index (χ0n) is 13.3. The molecule has 0 amide bonds. The first-order valence-corrected chi connectivity index (χ1v) is 9.10. The molecule has 2 aromatic heterocycles. The first kappa shape index (κ1) is 15.2. The number of halogens is 1. The van der Waals surface area contributed by atoms with Crippen molar-refractivity contribution in [3.63, 3.8) is 0 Å². The van der Waals surface area contributed by atoms with Crippen molar-refractivity contribution in [2.75, 3.05) is 11.9 Å². The Bertz CT molecular complexity index is 675. The summed E-state index contributed by atoms with van der Waals surface area (Å²) in [6.07, 6.45) is 11.6. The van der Waals surface area contributed by atoms with Gasteiger partial charge in [0.25, 0.3) is 0 Å². The van der Waals surface area contributed by atoms with E-state index in [0.717, 1.165) is 36.3 Å². The fourth-order valence-corrected chi connectivity index (χ4v) is 3.90. The summed E-state index contributed by atoms with van der Waals surface area (Å²) < 4.78 is 8.00. The van der Waals surface area contributed by atoms with Gasteiger partial charge in [0.2, 0.25) is 0 Å². The van der Waals surface area contributed by atoms with Crippen LogP contribution in [0.5, 0.6) is 0 Å². The molecule has 2 fully saturated rings. The van der Waals surface area contributed by atoms with Crippen molar-refractivity contribution in [3.05, 3.63) is 17.5 Å². The molecule has 4 rings (SSSR count). The lowest BCUT2D eigenvalue weighted by molar-refractivity contribution is -0.0295. The Morgan fingerprint density at radius 3 is 2.74 bits per heavy atom. The Morgan fingerprint density at radius 1 is 1.13 bits per heavy atom. The second-order valence-corrected chi connectivity index (χ2v) is 7.00. The van der Waals surface area contributed by atoms with Crippen molar-refractivity contribution in [2.45, 2.75) is 63.6 Å². The fourth-order valence-electron chi connectivity index (χ4n) is 3.71. The van der Waals surface area contributed by atoms with Crippen molar-refractivity contribution in [2.24, 2.45) is 0 Å². The molecule has 0 aromatic carbocycles. The first-order chi connectivity index (χ1) is 11.3. The van der Waals surface area contributed by atoms with E-state index in [1.165, 1.54) is 38.5 Å². The van der Waals surface area contributed by atoms with E-state index in [9.17, 15) is 0 Å². The molecule has 0 spiro atoms. The summed E-state index contributed by atoms with van der Waals surface area (Å²) in [5.41, 5.74) is 1.91. The third-order valence-corrected chi connectivity index (χ3v) is 5.14.